The molecule has 12 heteroatoms. The first-order chi connectivity index (χ1) is 23.1. The van der Waals surface area contributed by atoms with Gasteiger partial charge in [-0.2, -0.15) is 0 Å². The van der Waals surface area contributed by atoms with Crippen molar-refractivity contribution in [2.75, 3.05) is 39.4 Å². The second kappa shape index (κ2) is 18.9. The first-order valence-corrected chi connectivity index (χ1v) is 17.1. The number of alkyl carbamates (subject to hydrolysis) is 2. The molecule has 4 atom stereocenters. The standard InChI is InChI=1S/C37H56N4O8/c1-36(2,3)48-34(45)39-29(21-27-11-8-7-9-12-27)31(42)23-38-24-32(43)30(40-35(46)49-37(4,5)6)22-28-16-14-26(15-17-28)13-10-18-41-19-20-47-25-33(41)44/h7-9,11-12,14-17,29-32,38,42-43H,10,13,18-25H2,1-6H3,(H,39,45)(H,40,46)/t29-,30-,31+,32+/m0/s1. The van der Waals surface area contributed by atoms with E-state index in [0.717, 1.165) is 29.5 Å². The smallest absolute Gasteiger partial charge is 0.407 e. The van der Waals surface area contributed by atoms with Gasteiger partial charge in [0.15, 0.2) is 0 Å². The Kier molecular flexibility index (Phi) is 15.3. The number of hydrogen-bond donors (Lipinski definition) is 5. The summed E-state index contributed by atoms with van der Waals surface area (Å²) in [6.07, 6.45) is -0.956. The Hall–Kier alpha value is -3.71. The second-order valence-corrected chi connectivity index (χ2v) is 14.5. The Bertz CT molecular complexity index is 1310. The van der Waals surface area contributed by atoms with Gasteiger partial charge < -0.3 is 45.3 Å². The molecule has 1 heterocycles. The minimum Gasteiger partial charge on any atom is -0.444 e. The van der Waals surface area contributed by atoms with E-state index in [1.807, 2.05) is 59.5 Å². The van der Waals surface area contributed by atoms with Crippen LogP contribution in [0.25, 0.3) is 0 Å². The molecule has 0 aliphatic carbocycles. The number of ether oxygens (including phenoxy) is 3. The van der Waals surface area contributed by atoms with Crippen LogP contribution in [0.2, 0.25) is 0 Å². The maximum atomic E-state index is 12.7. The predicted octanol–water partition coefficient (Wildman–Crippen LogP) is 3.36. The van der Waals surface area contributed by atoms with Crippen LogP contribution in [0.4, 0.5) is 9.59 Å². The topological polar surface area (TPSA) is 159 Å². The molecule has 2 aromatic rings. The van der Waals surface area contributed by atoms with Crippen LogP contribution < -0.4 is 16.0 Å². The van der Waals surface area contributed by atoms with E-state index in [9.17, 15) is 24.6 Å². The van der Waals surface area contributed by atoms with Crippen molar-refractivity contribution in [3.8, 4) is 0 Å². The first-order valence-electron chi connectivity index (χ1n) is 17.1. The molecule has 0 spiro atoms. The molecule has 49 heavy (non-hydrogen) atoms. The van der Waals surface area contributed by atoms with Crippen LogP contribution in [0.3, 0.4) is 0 Å². The lowest BCUT2D eigenvalue weighted by Gasteiger charge is -2.29. The normalized spacial score (nSPS) is 16.3. The van der Waals surface area contributed by atoms with Crippen LogP contribution >= 0.6 is 0 Å². The third-order valence-electron chi connectivity index (χ3n) is 7.79. The molecule has 3 amide bonds. The number of nitrogens with one attached hydrogen (secondary N) is 3. The number of hydrogen-bond acceptors (Lipinski definition) is 9. The minimum atomic E-state index is -1.03. The van der Waals surface area contributed by atoms with Crippen molar-refractivity contribution in [2.24, 2.45) is 0 Å². The Labute approximate surface area is 290 Å². The maximum absolute atomic E-state index is 12.7. The SMILES string of the molecule is CC(C)(C)OC(=O)N[C@@H](Cc1ccccc1)[C@H](O)CNC[C@@H](O)[C@H](Cc1ccc(CCCN2CCOCC2=O)cc1)NC(=O)OC(C)(C)C. The number of rotatable bonds is 16. The Balaban J connectivity index is 1.60. The average Bonchev–Trinajstić information content (AvgIpc) is 3.00. The van der Waals surface area contributed by atoms with Gasteiger partial charge in [0.1, 0.15) is 17.8 Å². The van der Waals surface area contributed by atoms with Crippen molar-refractivity contribution in [1.82, 2.24) is 20.9 Å². The van der Waals surface area contributed by atoms with E-state index in [4.69, 9.17) is 14.2 Å². The molecule has 0 unspecified atom stereocenters. The van der Waals surface area contributed by atoms with Crippen molar-refractivity contribution < 1.29 is 38.8 Å². The molecule has 1 aliphatic rings. The molecule has 0 bridgehead atoms. The van der Waals surface area contributed by atoms with Gasteiger partial charge in [-0.05, 0) is 83.9 Å². The maximum Gasteiger partial charge on any atom is 0.407 e. The summed E-state index contributed by atoms with van der Waals surface area (Å²) < 4.78 is 16.1. The van der Waals surface area contributed by atoms with Crippen LogP contribution in [0.15, 0.2) is 54.6 Å². The molecule has 0 aromatic heterocycles. The highest BCUT2D eigenvalue weighted by molar-refractivity contribution is 5.78. The molecule has 1 aliphatic heterocycles. The predicted molar refractivity (Wildman–Crippen MR) is 187 cm³/mol. The van der Waals surface area contributed by atoms with Gasteiger partial charge in [-0.25, -0.2) is 9.59 Å². The van der Waals surface area contributed by atoms with Crippen LogP contribution in [-0.4, -0.2) is 108 Å². The van der Waals surface area contributed by atoms with Crippen molar-refractivity contribution >= 4 is 18.1 Å². The zero-order valence-corrected chi connectivity index (χ0v) is 29.9. The van der Waals surface area contributed by atoms with Gasteiger partial charge in [0, 0.05) is 26.2 Å². The summed E-state index contributed by atoms with van der Waals surface area (Å²) in [4.78, 5) is 39.1. The van der Waals surface area contributed by atoms with E-state index in [1.165, 1.54) is 0 Å². The number of nitrogens with zero attached hydrogens (tertiary/aromatic N) is 1. The summed E-state index contributed by atoms with van der Waals surface area (Å²) in [6.45, 7) is 12.8. The quantitative estimate of drug-likeness (QED) is 0.179. The summed E-state index contributed by atoms with van der Waals surface area (Å²) in [5.74, 6) is 0.0251. The number of carbonyl (C=O) groups excluding carboxylic acids is 3. The molecule has 1 fully saturated rings. The fourth-order valence-electron chi connectivity index (χ4n) is 5.37. The third kappa shape index (κ3) is 15.6. The number of aliphatic hydroxyl groups excluding tert-OH is 2. The molecule has 272 valence electrons. The van der Waals surface area contributed by atoms with Crippen LogP contribution in [0.1, 0.15) is 64.7 Å². The fraction of sp³-hybridized carbons (Fsp3) is 0.595. The van der Waals surface area contributed by atoms with Crippen molar-refractivity contribution in [1.29, 1.82) is 0 Å². The third-order valence-corrected chi connectivity index (χ3v) is 7.79. The van der Waals surface area contributed by atoms with Gasteiger partial charge in [0.2, 0.25) is 5.91 Å². The van der Waals surface area contributed by atoms with Gasteiger partial charge in [-0.1, -0.05) is 54.6 Å². The Morgan fingerprint density at radius 2 is 1.29 bits per heavy atom. The first kappa shape index (κ1) is 39.7. The summed E-state index contributed by atoms with van der Waals surface area (Å²) in [7, 11) is 0. The number of aliphatic hydroxyl groups is 2. The van der Waals surface area contributed by atoms with Gasteiger partial charge in [0.05, 0.1) is 30.9 Å². The Morgan fingerprint density at radius 3 is 1.78 bits per heavy atom. The molecule has 0 saturated carbocycles. The van der Waals surface area contributed by atoms with Crippen molar-refractivity contribution in [3.63, 3.8) is 0 Å². The molecule has 2 aromatic carbocycles. The van der Waals surface area contributed by atoms with Crippen LogP contribution in [0.5, 0.6) is 0 Å². The molecule has 12 nitrogen and oxygen atoms in total. The summed E-state index contributed by atoms with van der Waals surface area (Å²) >= 11 is 0. The van der Waals surface area contributed by atoms with Gasteiger partial charge in [0.25, 0.3) is 0 Å². The lowest BCUT2D eigenvalue weighted by Crippen LogP contribution is -2.53. The van der Waals surface area contributed by atoms with E-state index in [0.29, 0.717) is 32.5 Å². The van der Waals surface area contributed by atoms with E-state index in [1.54, 1.807) is 41.5 Å². The largest absolute Gasteiger partial charge is 0.444 e. The number of aryl methyl sites for hydroxylation is 1. The van der Waals surface area contributed by atoms with E-state index in [-0.39, 0.29) is 25.6 Å². The highest BCUT2D eigenvalue weighted by atomic mass is 16.6. The van der Waals surface area contributed by atoms with E-state index < -0.39 is 47.7 Å². The van der Waals surface area contributed by atoms with Gasteiger partial charge in [-0.3, -0.25) is 4.79 Å². The van der Waals surface area contributed by atoms with Gasteiger partial charge >= 0.3 is 12.2 Å². The van der Waals surface area contributed by atoms with Gasteiger partial charge in [-0.15, -0.1) is 0 Å². The monoisotopic (exact) mass is 684 g/mol. The van der Waals surface area contributed by atoms with E-state index in [2.05, 4.69) is 16.0 Å². The molecule has 1 saturated heterocycles. The zero-order valence-electron chi connectivity index (χ0n) is 29.9. The second-order valence-electron chi connectivity index (χ2n) is 14.5. The van der Waals surface area contributed by atoms with Crippen LogP contribution in [0, 0.1) is 0 Å². The highest BCUT2D eigenvalue weighted by Gasteiger charge is 2.28. The summed E-state index contributed by atoms with van der Waals surface area (Å²) in [5, 5.41) is 31.1. The molecule has 3 rings (SSSR count). The van der Waals surface area contributed by atoms with E-state index >= 15 is 0 Å². The zero-order chi connectivity index (χ0) is 36.0. The number of carbonyl (C=O) groups is 3. The number of amides is 3. The highest BCUT2D eigenvalue weighted by Crippen LogP contribution is 2.14. The van der Waals surface area contributed by atoms with Crippen molar-refractivity contribution in [2.45, 2.75) is 103 Å². The Morgan fingerprint density at radius 1 is 0.796 bits per heavy atom. The molecular weight excluding hydrogens is 628 g/mol. The summed E-state index contributed by atoms with van der Waals surface area (Å²) in [5.41, 5.74) is 1.56. The number of benzene rings is 2. The summed E-state index contributed by atoms with van der Waals surface area (Å²) in [6, 6.07) is 16.1. The minimum absolute atomic E-state index is 0.0251. The molecular formula is C37H56N4O8. The van der Waals surface area contributed by atoms with Crippen molar-refractivity contribution in [3.05, 3.63) is 71.3 Å². The molecule has 5 N–H and O–H groups in total. The average molecular weight is 685 g/mol. The molecule has 0 radical (unpaired) electrons. The lowest BCUT2D eigenvalue weighted by molar-refractivity contribution is -0.142. The number of morpholine rings is 1. The fourth-order valence-corrected chi connectivity index (χ4v) is 5.37. The van der Waals surface area contributed by atoms with Crippen LogP contribution in [-0.2, 0) is 38.3 Å². The lowest BCUT2D eigenvalue weighted by atomic mass is 9.98.